The Bertz CT molecular complexity index is 396. The fourth-order valence-corrected chi connectivity index (χ4v) is 2.43. The van der Waals surface area contributed by atoms with Gasteiger partial charge in [-0.1, -0.05) is 40.2 Å². The van der Waals surface area contributed by atoms with Crippen LogP contribution < -0.4 is 5.32 Å². The van der Waals surface area contributed by atoms with Gasteiger partial charge in [-0.05, 0) is 52.6 Å². The first kappa shape index (κ1) is 15.8. The minimum Gasteiger partial charge on any atom is -0.507 e. The van der Waals surface area contributed by atoms with Gasteiger partial charge < -0.3 is 10.4 Å². The second-order valence-electron chi connectivity index (χ2n) is 5.75. The minimum absolute atomic E-state index is 0.117. The molecule has 0 saturated carbocycles. The van der Waals surface area contributed by atoms with Crippen molar-refractivity contribution in [3.05, 3.63) is 26.8 Å². The number of halogens is 1. The molecule has 0 bridgehead atoms. The third-order valence-corrected chi connectivity index (χ3v) is 3.85. The number of unbranched alkanes of at least 4 members (excludes halogenated alkanes) is 1. The van der Waals surface area contributed by atoms with Crippen LogP contribution in [0.2, 0.25) is 0 Å². The van der Waals surface area contributed by atoms with E-state index in [9.17, 15) is 5.11 Å². The molecule has 0 aliphatic rings. The topological polar surface area (TPSA) is 32.3 Å². The lowest BCUT2D eigenvalue weighted by atomic mass is 9.86. The molecule has 1 aromatic carbocycles. The molecule has 0 radical (unpaired) electrons. The number of hydrogen-bond acceptors (Lipinski definition) is 2. The number of phenolic OH excluding ortho intramolecular Hbond substituents is 1. The highest BCUT2D eigenvalue weighted by molar-refractivity contribution is 14.1. The van der Waals surface area contributed by atoms with Crippen molar-refractivity contribution in [2.75, 3.05) is 6.54 Å². The SMILES string of the molecule is CCCCNCc1cc(C(C)(C)C)cc(I)c1O. The summed E-state index contributed by atoms with van der Waals surface area (Å²) in [5.74, 6) is 0.424. The molecule has 102 valence electrons. The maximum atomic E-state index is 10.1. The second-order valence-corrected chi connectivity index (χ2v) is 6.91. The van der Waals surface area contributed by atoms with Crippen molar-refractivity contribution in [2.45, 2.75) is 52.5 Å². The second kappa shape index (κ2) is 6.75. The van der Waals surface area contributed by atoms with Crippen LogP contribution in [0.3, 0.4) is 0 Å². The maximum Gasteiger partial charge on any atom is 0.133 e. The highest BCUT2D eigenvalue weighted by Crippen LogP contribution is 2.31. The van der Waals surface area contributed by atoms with Crippen LogP contribution in [0.4, 0.5) is 0 Å². The molecule has 0 spiro atoms. The van der Waals surface area contributed by atoms with E-state index in [4.69, 9.17) is 0 Å². The fraction of sp³-hybridized carbons (Fsp3) is 0.600. The molecule has 0 aliphatic carbocycles. The van der Waals surface area contributed by atoms with E-state index in [0.29, 0.717) is 5.75 Å². The van der Waals surface area contributed by atoms with Gasteiger partial charge in [0, 0.05) is 12.1 Å². The first-order valence-corrected chi connectivity index (χ1v) is 7.66. The third kappa shape index (κ3) is 4.43. The van der Waals surface area contributed by atoms with E-state index in [-0.39, 0.29) is 5.41 Å². The molecule has 1 aromatic rings. The van der Waals surface area contributed by atoms with Gasteiger partial charge in [0.15, 0.2) is 0 Å². The zero-order valence-corrected chi connectivity index (χ0v) is 14.0. The Balaban J connectivity index is 2.86. The Morgan fingerprint density at radius 3 is 2.50 bits per heavy atom. The van der Waals surface area contributed by atoms with Crippen LogP contribution in [0.1, 0.15) is 51.7 Å². The molecule has 2 N–H and O–H groups in total. The smallest absolute Gasteiger partial charge is 0.133 e. The highest BCUT2D eigenvalue weighted by atomic mass is 127. The molecule has 0 atom stereocenters. The molecular weight excluding hydrogens is 337 g/mol. The fourth-order valence-electron chi connectivity index (χ4n) is 1.75. The molecule has 0 unspecified atom stereocenters. The van der Waals surface area contributed by atoms with Crippen LogP contribution >= 0.6 is 22.6 Å². The summed E-state index contributed by atoms with van der Waals surface area (Å²) < 4.78 is 0.937. The van der Waals surface area contributed by atoms with Crippen LogP contribution in [0, 0.1) is 3.57 Å². The zero-order valence-electron chi connectivity index (χ0n) is 11.8. The summed E-state index contributed by atoms with van der Waals surface area (Å²) in [4.78, 5) is 0. The standard InChI is InChI=1S/C15H24INO/c1-5-6-7-17-10-11-8-12(15(2,3)4)9-13(16)14(11)18/h8-9,17-18H,5-7,10H2,1-4H3. The predicted octanol–water partition coefficient (Wildman–Crippen LogP) is 4.18. The van der Waals surface area contributed by atoms with Gasteiger partial charge in [-0.15, -0.1) is 0 Å². The average Bonchev–Trinajstić information content (AvgIpc) is 2.28. The first-order valence-electron chi connectivity index (χ1n) is 6.59. The van der Waals surface area contributed by atoms with E-state index in [1.54, 1.807) is 0 Å². The van der Waals surface area contributed by atoms with Crippen molar-refractivity contribution in [1.82, 2.24) is 5.32 Å². The molecule has 0 heterocycles. The van der Waals surface area contributed by atoms with Gasteiger partial charge >= 0.3 is 0 Å². The number of benzene rings is 1. The van der Waals surface area contributed by atoms with Gasteiger partial charge in [-0.3, -0.25) is 0 Å². The average molecular weight is 361 g/mol. The summed E-state index contributed by atoms with van der Waals surface area (Å²) >= 11 is 2.21. The summed E-state index contributed by atoms with van der Waals surface area (Å²) in [5.41, 5.74) is 2.39. The van der Waals surface area contributed by atoms with Gasteiger partial charge in [0.2, 0.25) is 0 Å². The third-order valence-electron chi connectivity index (χ3n) is 3.03. The van der Waals surface area contributed by atoms with Crippen LogP contribution in [0.5, 0.6) is 5.75 Å². The van der Waals surface area contributed by atoms with Crippen LogP contribution in [0.15, 0.2) is 12.1 Å². The quantitative estimate of drug-likeness (QED) is 0.609. The lowest BCUT2D eigenvalue weighted by Gasteiger charge is -2.21. The lowest BCUT2D eigenvalue weighted by molar-refractivity contribution is 0.458. The lowest BCUT2D eigenvalue weighted by Crippen LogP contribution is -2.17. The van der Waals surface area contributed by atoms with Gasteiger partial charge in [0.05, 0.1) is 3.57 Å². The van der Waals surface area contributed by atoms with E-state index in [1.807, 2.05) is 0 Å². The number of hydrogen-bond donors (Lipinski definition) is 2. The normalized spacial score (nSPS) is 11.8. The number of aromatic hydroxyl groups is 1. The summed E-state index contributed by atoms with van der Waals surface area (Å²) in [6.45, 7) is 10.5. The molecule has 2 nitrogen and oxygen atoms in total. The van der Waals surface area contributed by atoms with Gasteiger partial charge in [-0.2, -0.15) is 0 Å². The maximum absolute atomic E-state index is 10.1. The van der Waals surface area contributed by atoms with Crippen molar-refractivity contribution in [2.24, 2.45) is 0 Å². The van der Waals surface area contributed by atoms with Gasteiger partial charge in [0.25, 0.3) is 0 Å². The first-order chi connectivity index (χ1) is 8.36. The molecular formula is C15H24INO. The number of rotatable bonds is 5. The molecule has 1 rings (SSSR count). The minimum atomic E-state index is 0.117. The van der Waals surface area contributed by atoms with E-state index in [0.717, 1.165) is 22.2 Å². The van der Waals surface area contributed by atoms with Gasteiger partial charge in [0.1, 0.15) is 5.75 Å². The summed E-state index contributed by atoms with van der Waals surface area (Å²) in [6.07, 6.45) is 2.37. The Hall–Kier alpha value is -0.290. The molecule has 18 heavy (non-hydrogen) atoms. The summed E-state index contributed by atoms with van der Waals surface area (Å²) in [7, 11) is 0. The Labute approximate surface area is 124 Å². The highest BCUT2D eigenvalue weighted by Gasteiger charge is 2.17. The molecule has 0 fully saturated rings. The van der Waals surface area contributed by atoms with E-state index >= 15 is 0 Å². The van der Waals surface area contributed by atoms with Gasteiger partial charge in [-0.25, -0.2) is 0 Å². The van der Waals surface area contributed by atoms with E-state index < -0.39 is 0 Å². The molecule has 0 aliphatic heterocycles. The predicted molar refractivity (Wildman–Crippen MR) is 86.1 cm³/mol. The van der Waals surface area contributed by atoms with Crippen molar-refractivity contribution in [1.29, 1.82) is 0 Å². The largest absolute Gasteiger partial charge is 0.507 e. The summed E-state index contributed by atoms with van der Waals surface area (Å²) in [5, 5.41) is 13.5. The number of nitrogens with one attached hydrogen (secondary N) is 1. The van der Waals surface area contributed by atoms with Crippen LogP contribution in [0.25, 0.3) is 0 Å². The Kier molecular flexibility index (Phi) is 5.92. The van der Waals surface area contributed by atoms with E-state index in [2.05, 4.69) is 67.7 Å². The van der Waals surface area contributed by atoms with E-state index in [1.165, 1.54) is 18.4 Å². The van der Waals surface area contributed by atoms with Crippen molar-refractivity contribution in [3.63, 3.8) is 0 Å². The Morgan fingerprint density at radius 2 is 1.94 bits per heavy atom. The molecule has 0 saturated heterocycles. The summed E-state index contributed by atoms with van der Waals surface area (Å²) in [6, 6.07) is 4.20. The number of phenols is 1. The monoisotopic (exact) mass is 361 g/mol. The molecule has 3 heteroatoms. The van der Waals surface area contributed by atoms with Crippen molar-refractivity contribution in [3.8, 4) is 5.75 Å². The van der Waals surface area contributed by atoms with Crippen molar-refractivity contribution < 1.29 is 5.11 Å². The zero-order chi connectivity index (χ0) is 13.8. The van der Waals surface area contributed by atoms with Crippen LogP contribution in [-0.4, -0.2) is 11.7 Å². The Morgan fingerprint density at radius 1 is 1.28 bits per heavy atom. The molecule has 0 aromatic heterocycles. The van der Waals surface area contributed by atoms with Crippen molar-refractivity contribution >= 4 is 22.6 Å². The molecule has 0 amide bonds. The van der Waals surface area contributed by atoms with Crippen LogP contribution in [-0.2, 0) is 12.0 Å².